The van der Waals surface area contributed by atoms with Crippen molar-refractivity contribution in [1.29, 1.82) is 0 Å². The lowest BCUT2D eigenvalue weighted by Crippen LogP contribution is -2.01. The van der Waals surface area contributed by atoms with Crippen LogP contribution in [0.1, 0.15) is 24.2 Å². The van der Waals surface area contributed by atoms with Gasteiger partial charge in [-0.25, -0.2) is 0 Å². The molecule has 13 heavy (non-hydrogen) atoms. The Labute approximate surface area is 79.7 Å². The van der Waals surface area contributed by atoms with Gasteiger partial charge in [0.05, 0.1) is 6.10 Å². The second-order valence-corrected chi connectivity index (χ2v) is 3.01. The van der Waals surface area contributed by atoms with Gasteiger partial charge in [0, 0.05) is 0 Å². The van der Waals surface area contributed by atoms with Gasteiger partial charge in [0.15, 0.2) is 0 Å². The molecule has 1 aromatic carbocycles. The van der Waals surface area contributed by atoms with E-state index in [1.807, 2.05) is 19.1 Å². The van der Waals surface area contributed by atoms with Crippen molar-refractivity contribution in [2.45, 2.75) is 20.0 Å². The van der Waals surface area contributed by atoms with Crippen LogP contribution < -0.4 is 0 Å². The normalized spacial score (nSPS) is 12.1. The third kappa shape index (κ3) is 2.61. The van der Waals surface area contributed by atoms with Gasteiger partial charge in [0.2, 0.25) is 0 Å². The molecule has 1 aromatic rings. The van der Waals surface area contributed by atoms with Gasteiger partial charge in [-0.1, -0.05) is 30.2 Å². The summed E-state index contributed by atoms with van der Waals surface area (Å²) < 4.78 is 5.42. The number of rotatable bonds is 3. The van der Waals surface area contributed by atoms with E-state index in [2.05, 4.69) is 25.0 Å². The predicted octanol–water partition coefficient (Wildman–Crippen LogP) is 2.71. The second kappa shape index (κ2) is 4.69. The van der Waals surface area contributed by atoms with Gasteiger partial charge in [-0.2, -0.15) is 0 Å². The summed E-state index contributed by atoms with van der Waals surface area (Å²) in [5.41, 5.74) is 2.45. The molecule has 0 bridgehead atoms. The molecule has 0 fully saturated rings. The first-order chi connectivity index (χ1) is 6.25. The predicted molar refractivity (Wildman–Crippen MR) is 54.4 cm³/mol. The third-order valence-corrected chi connectivity index (χ3v) is 2.04. The van der Waals surface area contributed by atoms with E-state index in [4.69, 9.17) is 11.2 Å². The van der Waals surface area contributed by atoms with Crippen LogP contribution in [0.15, 0.2) is 24.3 Å². The van der Waals surface area contributed by atoms with Crippen LogP contribution in [-0.2, 0) is 4.74 Å². The summed E-state index contributed by atoms with van der Waals surface area (Å²) >= 11 is 0. The average Bonchev–Trinajstić information content (AvgIpc) is 2.15. The van der Waals surface area contributed by atoms with E-state index < -0.39 is 0 Å². The van der Waals surface area contributed by atoms with Crippen molar-refractivity contribution in [3.05, 3.63) is 35.4 Å². The van der Waals surface area contributed by atoms with Crippen LogP contribution in [-0.4, -0.2) is 6.61 Å². The average molecular weight is 174 g/mol. The van der Waals surface area contributed by atoms with Crippen molar-refractivity contribution in [2.75, 3.05) is 6.61 Å². The first-order valence-electron chi connectivity index (χ1n) is 4.36. The van der Waals surface area contributed by atoms with E-state index in [-0.39, 0.29) is 6.10 Å². The minimum atomic E-state index is 0.0808. The van der Waals surface area contributed by atoms with Crippen molar-refractivity contribution in [2.24, 2.45) is 0 Å². The Bertz CT molecular complexity index is 309. The van der Waals surface area contributed by atoms with Crippen molar-refractivity contribution >= 4 is 0 Å². The molecule has 0 aliphatic heterocycles. The Morgan fingerprint density at radius 2 is 2.15 bits per heavy atom. The zero-order chi connectivity index (χ0) is 9.68. The molecule has 0 spiro atoms. The van der Waals surface area contributed by atoms with Crippen LogP contribution in [0.4, 0.5) is 0 Å². The van der Waals surface area contributed by atoms with E-state index in [1.165, 1.54) is 11.1 Å². The molecule has 1 atom stereocenters. The van der Waals surface area contributed by atoms with Crippen LogP contribution >= 0.6 is 0 Å². The van der Waals surface area contributed by atoms with Crippen LogP contribution in [0.2, 0.25) is 0 Å². The topological polar surface area (TPSA) is 9.23 Å². The number of ether oxygens (including phenoxy) is 1. The van der Waals surface area contributed by atoms with E-state index in [0.717, 1.165) is 0 Å². The number of hydrogen-bond donors (Lipinski definition) is 0. The number of aryl methyl sites for hydroxylation is 1. The maximum atomic E-state index is 5.42. The Morgan fingerprint density at radius 3 is 2.77 bits per heavy atom. The molecule has 68 valence electrons. The molecule has 0 saturated carbocycles. The molecule has 0 radical (unpaired) electrons. The fourth-order valence-corrected chi connectivity index (χ4v) is 1.31. The Balaban J connectivity index is 2.72. The molecule has 0 aromatic heterocycles. The van der Waals surface area contributed by atoms with Crippen LogP contribution in [0.3, 0.4) is 0 Å². The summed E-state index contributed by atoms with van der Waals surface area (Å²) in [5.74, 6) is 2.47. The van der Waals surface area contributed by atoms with E-state index >= 15 is 0 Å². The Kier molecular flexibility index (Phi) is 3.54. The highest BCUT2D eigenvalue weighted by molar-refractivity contribution is 5.27. The smallest absolute Gasteiger partial charge is 0.108 e. The van der Waals surface area contributed by atoms with E-state index in [0.29, 0.717) is 6.61 Å². The van der Waals surface area contributed by atoms with Crippen LogP contribution in [0, 0.1) is 19.3 Å². The molecule has 0 saturated heterocycles. The molecule has 0 aliphatic rings. The number of hydrogen-bond acceptors (Lipinski definition) is 1. The lowest BCUT2D eigenvalue weighted by atomic mass is 10.1. The molecule has 0 heterocycles. The van der Waals surface area contributed by atoms with Crippen molar-refractivity contribution in [3.8, 4) is 12.3 Å². The lowest BCUT2D eigenvalue weighted by Gasteiger charge is -2.13. The second-order valence-electron chi connectivity index (χ2n) is 3.01. The third-order valence-electron chi connectivity index (χ3n) is 2.04. The van der Waals surface area contributed by atoms with Gasteiger partial charge in [0.1, 0.15) is 6.61 Å². The van der Waals surface area contributed by atoms with Gasteiger partial charge in [-0.15, -0.1) is 6.42 Å². The summed E-state index contributed by atoms with van der Waals surface area (Å²) in [6, 6.07) is 8.17. The molecule has 1 nitrogen and oxygen atoms in total. The Morgan fingerprint density at radius 1 is 1.46 bits per heavy atom. The van der Waals surface area contributed by atoms with Gasteiger partial charge in [0.25, 0.3) is 0 Å². The van der Waals surface area contributed by atoms with Gasteiger partial charge in [-0.05, 0) is 25.0 Å². The summed E-state index contributed by atoms with van der Waals surface area (Å²) in [4.78, 5) is 0. The minimum Gasteiger partial charge on any atom is -0.361 e. The quantitative estimate of drug-likeness (QED) is 0.640. The maximum Gasteiger partial charge on any atom is 0.108 e. The van der Waals surface area contributed by atoms with Gasteiger partial charge in [-0.3, -0.25) is 0 Å². The highest BCUT2D eigenvalue weighted by Gasteiger charge is 2.06. The summed E-state index contributed by atoms with van der Waals surface area (Å²) in [7, 11) is 0. The van der Waals surface area contributed by atoms with Crippen LogP contribution in [0.5, 0.6) is 0 Å². The van der Waals surface area contributed by atoms with Gasteiger partial charge >= 0.3 is 0 Å². The fraction of sp³-hybridized carbons (Fsp3) is 0.333. The highest BCUT2D eigenvalue weighted by atomic mass is 16.5. The zero-order valence-electron chi connectivity index (χ0n) is 8.08. The SMILES string of the molecule is C#CCOC(C)c1ccccc1C. The molecule has 1 unspecified atom stereocenters. The molecule has 0 aliphatic carbocycles. The number of terminal acetylenes is 1. The highest BCUT2D eigenvalue weighted by Crippen LogP contribution is 2.19. The fourth-order valence-electron chi connectivity index (χ4n) is 1.31. The molecular weight excluding hydrogens is 160 g/mol. The Hall–Kier alpha value is -1.26. The molecule has 0 N–H and O–H groups in total. The first kappa shape index (κ1) is 9.83. The summed E-state index contributed by atoms with van der Waals surface area (Å²) in [5, 5.41) is 0. The summed E-state index contributed by atoms with van der Waals surface area (Å²) in [6.45, 7) is 4.46. The van der Waals surface area contributed by atoms with Crippen molar-refractivity contribution in [1.82, 2.24) is 0 Å². The molecular formula is C12H14O. The minimum absolute atomic E-state index is 0.0808. The van der Waals surface area contributed by atoms with E-state index in [1.54, 1.807) is 0 Å². The molecule has 0 amide bonds. The monoisotopic (exact) mass is 174 g/mol. The zero-order valence-corrected chi connectivity index (χ0v) is 8.08. The van der Waals surface area contributed by atoms with Crippen LogP contribution in [0.25, 0.3) is 0 Å². The summed E-state index contributed by atoms with van der Waals surface area (Å²) in [6.07, 6.45) is 5.20. The lowest BCUT2D eigenvalue weighted by molar-refractivity contribution is 0.0922. The number of benzene rings is 1. The van der Waals surface area contributed by atoms with Crippen molar-refractivity contribution in [3.63, 3.8) is 0 Å². The first-order valence-corrected chi connectivity index (χ1v) is 4.36. The molecule has 1 rings (SSSR count). The standard InChI is InChI=1S/C12H14O/c1-4-9-13-11(3)12-8-6-5-7-10(12)2/h1,5-8,11H,9H2,2-3H3. The largest absolute Gasteiger partial charge is 0.361 e. The van der Waals surface area contributed by atoms with Gasteiger partial charge < -0.3 is 4.74 Å². The molecule has 1 heteroatoms. The van der Waals surface area contributed by atoms with Crippen molar-refractivity contribution < 1.29 is 4.74 Å². The van der Waals surface area contributed by atoms with E-state index in [9.17, 15) is 0 Å². The maximum absolute atomic E-state index is 5.42.